The first-order chi connectivity index (χ1) is 14.2. The van der Waals surface area contributed by atoms with Gasteiger partial charge in [0.2, 0.25) is 0 Å². The molecule has 1 saturated heterocycles. The quantitative estimate of drug-likeness (QED) is 0.235. The molecule has 1 aliphatic heterocycles. The van der Waals surface area contributed by atoms with Crippen LogP contribution in [0.25, 0.3) is 0 Å². The Hall–Kier alpha value is -1.18. The fourth-order valence-corrected chi connectivity index (χ4v) is 4.07. The summed E-state index contributed by atoms with van der Waals surface area (Å²) < 4.78 is 11.3. The van der Waals surface area contributed by atoms with Crippen molar-refractivity contribution in [2.45, 2.75) is 87.0 Å². The van der Waals surface area contributed by atoms with Crippen molar-refractivity contribution in [1.29, 1.82) is 0 Å². The Kier molecular flexibility index (Phi) is 7.80. The summed E-state index contributed by atoms with van der Waals surface area (Å²) >= 11 is 0. The molecule has 170 valence electrons. The SMILES string of the molecule is CC(O)C1OC(OC2C(N)CC(NCc3ccccc3)C(O)C2O)C(N)C(O)C1O. The highest BCUT2D eigenvalue weighted by Gasteiger charge is 2.49. The van der Waals surface area contributed by atoms with Crippen molar-refractivity contribution >= 4 is 0 Å². The number of hydrogen-bond donors (Lipinski definition) is 8. The third kappa shape index (κ3) is 5.00. The van der Waals surface area contributed by atoms with Crippen molar-refractivity contribution in [3.8, 4) is 0 Å². The van der Waals surface area contributed by atoms with Crippen molar-refractivity contribution in [3.63, 3.8) is 0 Å². The molecule has 0 bridgehead atoms. The number of ether oxygens (including phenoxy) is 2. The molecule has 10 heteroatoms. The van der Waals surface area contributed by atoms with Crippen LogP contribution in [0.15, 0.2) is 30.3 Å². The van der Waals surface area contributed by atoms with Crippen LogP contribution in [-0.2, 0) is 16.0 Å². The molecule has 0 spiro atoms. The molecule has 11 atom stereocenters. The summed E-state index contributed by atoms with van der Waals surface area (Å²) in [6.07, 6.45) is -9.39. The second-order valence-electron chi connectivity index (χ2n) is 8.22. The molecule has 30 heavy (non-hydrogen) atoms. The standard InChI is InChI=1S/C20H33N3O7/c1-9(24)18-17(28)15(26)13(22)20(29-18)30-19-11(21)7-12(14(25)16(19)27)23-8-10-5-3-2-4-6-10/h2-6,9,11-20,23-28H,7-8,21-22H2,1H3. The lowest BCUT2D eigenvalue weighted by atomic mass is 9.84. The van der Waals surface area contributed by atoms with Gasteiger partial charge in [-0.1, -0.05) is 30.3 Å². The molecule has 3 rings (SSSR count). The summed E-state index contributed by atoms with van der Waals surface area (Å²) in [5.74, 6) is 0. The molecule has 1 saturated carbocycles. The third-order valence-electron chi connectivity index (χ3n) is 5.91. The van der Waals surface area contributed by atoms with E-state index in [1.54, 1.807) is 0 Å². The first-order valence-electron chi connectivity index (χ1n) is 10.2. The van der Waals surface area contributed by atoms with E-state index < -0.39 is 67.1 Å². The molecule has 10 nitrogen and oxygen atoms in total. The Morgan fingerprint density at radius 3 is 2.37 bits per heavy atom. The van der Waals surface area contributed by atoms with E-state index in [-0.39, 0.29) is 0 Å². The van der Waals surface area contributed by atoms with E-state index in [0.29, 0.717) is 13.0 Å². The monoisotopic (exact) mass is 427 g/mol. The van der Waals surface area contributed by atoms with Crippen molar-refractivity contribution in [2.24, 2.45) is 11.5 Å². The molecule has 0 amide bonds. The third-order valence-corrected chi connectivity index (χ3v) is 5.91. The maximum atomic E-state index is 10.6. The van der Waals surface area contributed by atoms with Crippen LogP contribution < -0.4 is 16.8 Å². The zero-order valence-corrected chi connectivity index (χ0v) is 16.9. The Labute approximate surface area is 175 Å². The minimum absolute atomic E-state index is 0.322. The van der Waals surface area contributed by atoms with Crippen molar-refractivity contribution in [3.05, 3.63) is 35.9 Å². The molecule has 0 radical (unpaired) electrons. The zero-order valence-electron chi connectivity index (χ0n) is 16.9. The van der Waals surface area contributed by atoms with Crippen LogP contribution in [-0.4, -0.2) is 92.7 Å². The van der Waals surface area contributed by atoms with Gasteiger partial charge in [0.05, 0.1) is 18.2 Å². The average molecular weight is 427 g/mol. The van der Waals surface area contributed by atoms with Gasteiger partial charge in [-0.15, -0.1) is 0 Å². The van der Waals surface area contributed by atoms with Gasteiger partial charge >= 0.3 is 0 Å². The van der Waals surface area contributed by atoms with Gasteiger partial charge in [-0.05, 0) is 18.9 Å². The highest BCUT2D eigenvalue weighted by atomic mass is 16.7. The molecule has 2 aliphatic rings. The fourth-order valence-electron chi connectivity index (χ4n) is 4.07. The van der Waals surface area contributed by atoms with E-state index in [1.807, 2.05) is 30.3 Å². The lowest BCUT2D eigenvalue weighted by Crippen LogP contribution is -2.68. The number of hydrogen-bond acceptors (Lipinski definition) is 10. The lowest BCUT2D eigenvalue weighted by Gasteiger charge is -2.47. The van der Waals surface area contributed by atoms with Gasteiger partial charge in [0.15, 0.2) is 6.29 Å². The second-order valence-corrected chi connectivity index (χ2v) is 8.22. The fraction of sp³-hybridized carbons (Fsp3) is 0.700. The minimum atomic E-state index is -1.40. The smallest absolute Gasteiger partial charge is 0.176 e. The van der Waals surface area contributed by atoms with Gasteiger partial charge in [-0.25, -0.2) is 0 Å². The molecule has 10 N–H and O–H groups in total. The molecule has 11 unspecified atom stereocenters. The van der Waals surface area contributed by atoms with Gasteiger partial charge in [0.25, 0.3) is 0 Å². The normalized spacial score (nSPS) is 43.3. The first-order valence-corrected chi connectivity index (χ1v) is 10.2. The summed E-state index contributed by atoms with van der Waals surface area (Å²) in [6.45, 7) is 1.91. The van der Waals surface area contributed by atoms with Crippen LogP contribution in [0, 0.1) is 0 Å². The number of nitrogens with one attached hydrogen (secondary N) is 1. The topological polar surface area (TPSA) is 184 Å². The summed E-state index contributed by atoms with van der Waals surface area (Å²) in [5.41, 5.74) is 13.2. The van der Waals surface area contributed by atoms with E-state index in [9.17, 15) is 25.5 Å². The maximum Gasteiger partial charge on any atom is 0.176 e. The first kappa shape index (κ1) is 23.5. The van der Waals surface area contributed by atoms with E-state index in [0.717, 1.165) is 5.56 Å². The van der Waals surface area contributed by atoms with Gasteiger partial charge < -0.3 is 51.8 Å². The summed E-state index contributed by atoms with van der Waals surface area (Å²) in [5, 5.41) is 54.4. The Balaban J connectivity index is 1.63. The van der Waals surface area contributed by atoms with Crippen LogP contribution in [0.3, 0.4) is 0 Å². The number of rotatable bonds is 6. The number of benzene rings is 1. The van der Waals surface area contributed by atoms with Crippen LogP contribution >= 0.6 is 0 Å². The number of aliphatic hydroxyl groups excluding tert-OH is 5. The predicted octanol–water partition coefficient (Wildman–Crippen LogP) is -2.86. The maximum absolute atomic E-state index is 10.6. The Morgan fingerprint density at radius 1 is 1.07 bits per heavy atom. The van der Waals surface area contributed by atoms with Crippen LogP contribution in [0.5, 0.6) is 0 Å². The van der Waals surface area contributed by atoms with E-state index in [4.69, 9.17) is 20.9 Å². The van der Waals surface area contributed by atoms with Crippen molar-refractivity contribution < 1.29 is 35.0 Å². The predicted molar refractivity (Wildman–Crippen MR) is 107 cm³/mol. The average Bonchev–Trinajstić information content (AvgIpc) is 2.73. The summed E-state index contributed by atoms with van der Waals surface area (Å²) in [7, 11) is 0. The lowest BCUT2D eigenvalue weighted by molar-refractivity contribution is -0.301. The summed E-state index contributed by atoms with van der Waals surface area (Å²) in [4.78, 5) is 0. The molecule has 1 aliphatic carbocycles. The zero-order chi connectivity index (χ0) is 22.0. The number of aliphatic hydroxyl groups is 5. The van der Waals surface area contributed by atoms with E-state index >= 15 is 0 Å². The van der Waals surface area contributed by atoms with E-state index in [1.165, 1.54) is 6.92 Å². The highest BCUT2D eigenvalue weighted by molar-refractivity contribution is 5.14. The molecule has 1 heterocycles. The molecule has 1 aromatic carbocycles. The molecule has 0 aromatic heterocycles. The minimum Gasteiger partial charge on any atom is -0.391 e. The van der Waals surface area contributed by atoms with Crippen LogP contribution in [0.1, 0.15) is 18.9 Å². The Morgan fingerprint density at radius 2 is 1.73 bits per heavy atom. The largest absolute Gasteiger partial charge is 0.391 e. The molecular formula is C20H33N3O7. The van der Waals surface area contributed by atoms with Gasteiger partial charge in [-0.3, -0.25) is 0 Å². The van der Waals surface area contributed by atoms with Crippen molar-refractivity contribution in [2.75, 3.05) is 0 Å². The molecule has 2 fully saturated rings. The van der Waals surface area contributed by atoms with Gasteiger partial charge in [0, 0.05) is 18.6 Å². The molecule has 1 aromatic rings. The number of nitrogens with two attached hydrogens (primary N) is 2. The highest BCUT2D eigenvalue weighted by Crippen LogP contribution is 2.28. The van der Waals surface area contributed by atoms with Crippen LogP contribution in [0.2, 0.25) is 0 Å². The van der Waals surface area contributed by atoms with Crippen molar-refractivity contribution in [1.82, 2.24) is 5.32 Å². The molecular weight excluding hydrogens is 394 g/mol. The summed E-state index contributed by atoms with van der Waals surface area (Å²) in [6, 6.07) is 7.41. The van der Waals surface area contributed by atoms with Gasteiger partial charge in [-0.2, -0.15) is 0 Å². The second kappa shape index (κ2) is 9.96. The van der Waals surface area contributed by atoms with E-state index in [2.05, 4.69) is 5.32 Å². The van der Waals surface area contributed by atoms with Crippen LogP contribution in [0.4, 0.5) is 0 Å². The Bertz CT molecular complexity index is 667. The van der Waals surface area contributed by atoms with Gasteiger partial charge in [0.1, 0.15) is 30.5 Å².